The first-order valence-electron chi connectivity index (χ1n) is 4.84. The van der Waals surface area contributed by atoms with Crippen molar-refractivity contribution in [2.75, 3.05) is 6.54 Å². The SMILES string of the molecule is CCNCc1snnc1-c1cccnc1. The average Bonchev–Trinajstić information content (AvgIpc) is 2.75. The summed E-state index contributed by atoms with van der Waals surface area (Å²) in [5, 5.41) is 7.40. The molecule has 0 saturated carbocycles. The van der Waals surface area contributed by atoms with Crippen molar-refractivity contribution in [2.24, 2.45) is 0 Å². The molecule has 0 atom stereocenters. The summed E-state index contributed by atoms with van der Waals surface area (Å²) < 4.78 is 3.98. The smallest absolute Gasteiger partial charge is 0.111 e. The lowest BCUT2D eigenvalue weighted by molar-refractivity contribution is 0.735. The number of nitrogens with zero attached hydrogens (tertiary/aromatic N) is 3. The van der Waals surface area contributed by atoms with E-state index in [-0.39, 0.29) is 0 Å². The third kappa shape index (κ3) is 2.37. The van der Waals surface area contributed by atoms with E-state index in [1.807, 2.05) is 18.3 Å². The van der Waals surface area contributed by atoms with Crippen LogP contribution in [0.1, 0.15) is 11.8 Å². The lowest BCUT2D eigenvalue weighted by atomic mass is 10.2. The number of pyridine rings is 1. The maximum atomic E-state index is 4.13. The number of nitrogens with one attached hydrogen (secondary N) is 1. The normalized spacial score (nSPS) is 10.5. The third-order valence-electron chi connectivity index (χ3n) is 2.03. The van der Waals surface area contributed by atoms with Gasteiger partial charge in [-0.25, -0.2) is 0 Å². The van der Waals surface area contributed by atoms with Crippen molar-refractivity contribution < 1.29 is 0 Å². The molecule has 2 rings (SSSR count). The standard InChI is InChI=1S/C10H12N4S/c1-2-11-7-9-10(13-14-15-9)8-4-3-5-12-6-8/h3-6,11H,2,7H2,1H3. The molecule has 0 radical (unpaired) electrons. The van der Waals surface area contributed by atoms with Crippen molar-refractivity contribution in [1.29, 1.82) is 0 Å². The molecule has 5 heteroatoms. The van der Waals surface area contributed by atoms with E-state index in [1.54, 1.807) is 6.20 Å². The van der Waals surface area contributed by atoms with Gasteiger partial charge in [0.05, 0.1) is 4.88 Å². The van der Waals surface area contributed by atoms with E-state index in [1.165, 1.54) is 11.5 Å². The molecule has 0 unspecified atom stereocenters. The molecule has 0 aromatic carbocycles. The van der Waals surface area contributed by atoms with Crippen LogP contribution >= 0.6 is 11.5 Å². The van der Waals surface area contributed by atoms with Crippen LogP contribution < -0.4 is 5.32 Å². The van der Waals surface area contributed by atoms with Gasteiger partial charge in [0.2, 0.25) is 0 Å². The highest BCUT2D eigenvalue weighted by Gasteiger charge is 2.09. The van der Waals surface area contributed by atoms with Crippen molar-refractivity contribution in [3.05, 3.63) is 29.4 Å². The van der Waals surface area contributed by atoms with E-state index in [0.29, 0.717) is 0 Å². The number of hydrogen-bond donors (Lipinski definition) is 1. The molecular formula is C10H12N4S. The van der Waals surface area contributed by atoms with E-state index in [2.05, 4.69) is 26.8 Å². The summed E-state index contributed by atoms with van der Waals surface area (Å²) in [7, 11) is 0. The highest BCUT2D eigenvalue weighted by molar-refractivity contribution is 7.05. The molecule has 2 heterocycles. The van der Waals surface area contributed by atoms with Gasteiger partial charge in [0.1, 0.15) is 5.69 Å². The van der Waals surface area contributed by atoms with Crippen molar-refractivity contribution >= 4 is 11.5 Å². The second kappa shape index (κ2) is 4.95. The van der Waals surface area contributed by atoms with Gasteiger partial charge >= 0.3 is 0 Å². The summed E-state index contributed by atoms with van der Waals surface area (Å²) in [6.07, 6.45) is 3.57. The summed E-state index contributed by atoms with van der Waals surface area (Å²) in [6, 6.07) is 3.91. The summed E-state index contributed by atoms with van der Waals surface area (Å²) in [5.41, 5.74) is 1.97. The largest absolute Gasteiger partial charge is 0.312 e. The maximum absolute atomic E-state index is 4.13. The number of aromatic nitrogens is 3. The fourth-order valence-electron chi connectivity index (χ4n) is 1.29. The Hall–Kier alpha value is -1.33. The fourth-order valence-corrected chi connectivity index (χ4v) is 1.92. The van der Waals surface area contributed by atoms with Gasteiger partial charge in [0.25, 0.3) is 0 Å². The lowest BCUT2D eigenvalue weighted by Gasteiger charge is -2.00. The van der Waals surface area contributed by atoms with Gasteiger partial charge in [-0.1, -0.05) is 11.4 Å². The van der Waals surface area contributed by atoms with Crippen molar-refractivity contribution in [3.8, 4) is 11.3 Å². The van der Waals surface area contributed by atoms with Gasteiger partial charge in [0.15, 0.2) is 0 Å². The zero-order valence-electron chi connectivity index (χ0n) is 8.47. The zero-order valence-corrected chi connectivity index (χ0v) is 9.29. The van der Waals surface area contributed by atoms with Crippen LogP contribution in [-0.4, -0.2) is 21.1 Å². The second-order valence-electron chi connectivity index (χ2n) is 3.07. The third-order valence-corrected chi connectivity index (χ3v) is 2.75. The quantitative estimate of drug-likeness (QED) is 0.852. The molecule has 0 spiro atoms. The molecule has 0 aliphatic rings. The second-order valence-corrected chi connectivity index (χ2v) is 3.91. The lowest BCUT2D eigenvalue weighted by Crippen LogP contribution is -2.11. The first-order valence-corrected chi connectivity index (χ1v) is 5.61. The minimum absolute atomic E-state index is 0.818. The predicted octanol–water partition coefficient (Wildman–Crippen LogP) is 1.71. The Morgan fingerprint density at radius 3 is 3.13 bits per heavy atom. The topological polar surface area (TPSA) is 50.7 Å². The first kappa shape index (κ1) is 10.2. The van der Waals surface area contributed by atoms with Crippen LogP contribution in [0.2, 0.25) is 0 Å². The summed E-state index contributed by atoms with van der Waals surface area (Å²) >= 11 is 1.43. The predicted molar refractivity (Wildman–Crippen MR) is 60.5 cm³/mol. The highest BCUT2D eigenvalue weighted by atomic mass is 32.1. The van der Waals surface area contributed by atoms with Crippen LogP contribution in [-0.2, 0) is 6.54 Å². The molecule has 15 heavy (non-hydrogen) atoms. The number of hydrogen-bond acceptors (Lipinski definition) is 5. The summed E-state index contributed by atoms with van der Waals surface area (Å²) in [5.74, 6) is 0. The van der Waals surface area contributed by atoms with Gasteiger partial charge in [-0.15, -0.1) is 5.10 Å². The fraction of sp³-hybridized carbons (Fsp3) is 0.300. The highest BCUT2D eigenvalue weighted by Crippen LogP contribution is 2.22. The van der Waals surface area contributed by atoms with E-state index in [4.69, 9.17) is 0 Å². The summed E-state index contributed by atoms with van der Waals surface area (Å²) in [6.45, 7) is 3.85. The van der Waals surface area contributed by atoms with Crippen LogP contribution in [0.4, 0.5) is 0 Å². The maximum Gasteiger partial charge on any atom is 0.111 e. The molecular weight excluding hydrogens is 208 g/mol. The van der Waals surface area contributed by atoms with Gasteiger partial charge < -0.3 is 5.32 Å². The molecule has 0 aliphatic carbocycles. The van der Waals surface area contributed by atoms with Gasteiger partial charge in [-0.3, -0.25) is 4.98 Å². The molecule has 0 amide bonds. The molecule has 0 aliphatic heterocycles. The Morgan fingerprint density at radius 1 is 1.47 bits per heavy atom. The molecule has 78 valence electrons. The van der Waals surface area contributed by atoms with E-state index in [9.17, 15) is 0 Å². The zero-order chi connectivity index (χ0) is 10.5. The van der Waals surface area contributed by atoms with Crippen molar-refractivity contribution in [2.45, 2.75) is 13.5 Å². The van der Waals surface area contributed by atoms with Crippen LogP contribution in [0.5, 0.6) is 0 Å². The Labute approximate surface area is 92.5 Å². The monoisotopic (exact) mass is 220 g/mol. The van der Waals surface area contributed by atoms with Crippen LogP contribution in [0.3, 0.4) is 0 Å². The van der Waals surface area contributed by atoms with E-state index in [0.717, 1.165) is 29.2 Å². The van der Waals surface area contributed by atoms with E-state index >= 15 is 0 Å². The van der Waals surface area contributed by atoms with Gasteiger partial charge in [0, 0.05) is 24.5 Å². The molecule has 4 nitrogen and oxygen atoms in total. The van der Waals surface area contributed by atoms with Crippen LogP contribution in [0, 0.1) is 0 Å². The molecule has 0 saturated heterocycles. The molecule has 0 bridgehead atoms. The first-order chi connectivity index (χ1) is 7.42. The Kier molecular flexibility index (Phi) is 3.37. The van der Waals surface area contributed by atoms with Crippen LogP contribution in [0.15, 0.2) is 24.5 Å². The Morgan fingerprint density at radius 2 is 2.40 bits per heavy atom. The molecule has 1 N–H and O–H groups in total. The molecule has 2 aromatic rings. The summed E-state index contributed by atoms with van der Waals surface area (Å²) in [4.78, 5) is 5.24. The average molecular weight is 220 g/mol. The molecule has 0 fully saturated rings. The van der Waals surface area contributed by atoms with Crippen molar-refractivity contribution in [1.82, 2.24) is 19.9 Å². The van der Waals surface area contributed by atoms with Crippen LogP contribution in [0.25, 0.3) is 11.3 Å². The van der Waals surface area contributed by atoms with Gasteiger partial charge in [-0.05, 0) is 30.2 Å². The minimum Gasteiger partial charge on any atom is -0.312 e. The van der Waals surface area contributed by atoms with E-state index < -0.39 is 0 Å². The Bertz CT molecular complexity index is 412. The number of rotatable bonds is 4. The van der Waals surface area contributed by atoms with Gasteiger partial charge in [-0.2, -0.15) is 0 Å². The minimum atomic E-state index is 0.818. The molecule has 2 aromatic heterocycles. The Balaban J connectivity index is 2.25. The van der Waals surface area contributed by atoms with Crippen molar-refractivity contribution in [3.63, 3.8) is 0 Å².